The lowest BCUT2D eigenvalue weighted by Gasteiger charge is -2.12. The van der Waals surface area contributed by atoms with Gasteiger partial charge >= 0.3 is 0 Å². The highest BCUT2D eigenvalue weighted by Gasteiger charge is 2.11. The van der Waals surface area contributed by atoms with Crippen molar-refractivity contribution >= 4 is 17.5 Å². The fourth-order valence-electron chi connectivity index (χ4n) is 1.53. The molecule has 16 heavy (non-hydrogen) atoms. The minimum Gasteiger partial charge on any atom is -0.350 e. The van der Waals surface area contributed by atoms with Gasteiger partial charge in [0, 0.05) is 19.8 Å². The smallest absolute Gasteiger partial charge is 0.267 e. The molecule has 0 aromatic carbocycles. The summed E-state index contributed by atoms with van der Waals surface area (Å²) >= 11 is 5.81. The normalized spacial score (nSPS) is 12.5. The third kappa shape index (κ3) is 3.54. The third-order valence-corrected chi connectivity index (χ3v) is 2.57. The van der Waals surface area contributed by atoms with Crippen LogP contribution in [0.3, 0.4) is 0 Å². The van der Waals surface area contributed by atoms with E-state index in [0.717, 1.165) is 6.54 Å². The molecule has 0 saturated carbocycles. The minimum atomic E-state index is -0.0858. The standard InChI is InChI=1S/C11H18ClN3O/c1-8(5-13-2)6-14-11(16)10-4-9(12)7-15(10)3/h4,7-8,13H,5-6H2,1-3H3,(H,14,16). The summed E-state index contributed by atoms with van der Waals surface area (Å²) in [5.74, 6) is 0.321. The van der Waals surface area contributed by atoms with Crippen molar-refractivity contribution in [3.8, 4) is 0 Å². The van der Waals surface area contributed by atoms with Crippen LogP contribution in [0.25, 0.3) is 0 Å². The zero-order valence-corrected chi connectivity index (χ0v) is 10.6. The number of aryl methyl sites for hydroxylation is 1. The Kier molecular flexibility index (Phi) is 4.83. The van der Waals surface area contributed by atoms with Crippen LogP contribution in [0, 0.1) is 5.92 Å². The van der Waals surface area contributed by atoms with Crippen molar-refractivity contribution in [3.05, 3.63) is 23.0 Å². The maximum absolute atomic E-state index is 11.8. The summed E-state index contributed by atoms with van der Waals surface area (Å²) in [6.45, 7) is 3.62. The summed E-state index contributed by atoms with van der Waals surface area (Å²) in [5, 5.41) is 6.53. The highest BCUT2D eigenvalue weighted by molar-refractivity contribution is 6.31. The number of nitrogens with zero attached hydrogens (tertiary/aromatic N) is 1. The highest BCUT2D eigenvalue weighted by Crippen LogP contribution is 2.12. The van der Waals surface area contributed by atoms with Crippen molar-refractivity contribution in [3.63, 3.8) is 0 Å². The number of halogens is 1. The molecule has 4 nitrogen and oxygen atoms in total. The lowest BCUT2D eigenvalue weighted by Crippen LogP contribution is -2.33. The maximum Gasteiger partial charge on any atom is 0.267 e. The molecule has 0 saturated heterocycles. The van der Waals surface area contributed by atoms with Crippen molar-refractivity contribution in [1.29, 1.82) is 0 Å². The number of rotatable bonds is 5. The van der Waals surface area contributed by atoms with Crippen molar-refractivity contribution in [2.24, 2.45) is 13.0 Å². The number of hydrogen-bond donors (Lipinski definition) is 2. The number of nitrogens with one attached hydrogen (secondary N) is 2. The Morgan fingerprint density at radius 2 is 2.25 bits per heavy atom. The lowest BCUT2D eigenvalue weighted by molar-refractivity contribution is 0.0940. The van der Waals surface area contributed by atoms with Gasteiger partial charge < -0.3 is 15.2 Å². The summed E-state index contributed by atoms with van der Waals surface area (Å²) in [4.78, 5) is 11.8. The second-order valence-corrected chi connectivity index (χ2v) is 4.46. The van der Waals surface area contributed by atoms with Gasteiger partial charge in [-0.1, -0.05) is 18.5 Å². The largest absolute Gasteiger partial charge is 0.350 e. The summed E-state index contributed by atoms with van der Waals surface area (Å²) in [7, 11) is 3.70. The Morgan fingerprint density at radius 3 is 2.75 bits per heavy atom. The maximum atomic E-state index is 11.8. The third-order valence-electron chi connectivity index (χ3n) is 2.37. The molecule has 1 atom stereocenters. The van der Waals surface area contributed by atoms with E-state index in [0.29, 0.717) is 23.2 Å². The van der Waals surface area contributed by atoms with Gasteiger partial charge in [0.1, 0.15) is 5.69 Å². The van der Waals surface area contributed by atoms with Gasteiger partial charge in [0.25, 0.3) is 5.91 Å². The summed E-state index contributed by atoms with van der Waals surface area (Å²) in [6, 6.07) is 1.67. The molecule has 0 aliphatic heterocycles. The summed E-state index contributed by atoms with van der Waals surface area (Å²) < 4.78 is 1.72. The molecule has 1 aromatic rings. The molecule has 0 spiro atoms. The van der Waals surface area contributed by atoms with E-state index in [1.165, 1.54) is 0 Å². The molecule has 0 radical (unpaired) electrons. The van der Waals surface area contributed by atoms with Gasteiger partial charge in [-0.25, -0.2) is 0 Å². The zero-order valence-electron chi connectivity index (χ0n) is 9.88. The number of aromatic nitrogens is 1. The quantitative estimate of drug-likeness (QED) is 0.818. The molecule has 0 bridgehead atoms. The molecule has 0 aliphatic carbocycles. The monoisotopic (exact) mass is 243 g/mol. The van der Waals surface area contributed by atoms with Crippen LogP contribution in [0.5, 0.6) is 0 Å². The Hall–Kier alpha value is -1.00. The minimum absolute atomic E-state index is 0.0858. The van der Waals surface area contributed by atoms with E-state index in [1.807, 2.05) is 7.05 Å². The van der Waals surface area contributed by atoms with Crippen molar-refractivity contribution in [1.82, 2.24) is 15.2 Å². The van der Waals surface area contributed by atoms with Crippen molar-refractivity contribution < 1.29 is 4.79 Å². The van der Waals surface area contributed by atoms with Gasteiger partial charge in [-0.2, -0.15) is 0 Å². The van der Waals surface area contributed by atoms with Crippen LogP contribution < -0.4 is 10.6 Å². The van der Waals surface area contributed by atoms with E-state index in [-0.39, 0.29) is 5.91 Å². The highest BCUT2D eigenvalue weighted by atomic mass is 35.5. The molecule has 1 amide bonds. The van der Waals surface area contributed by atoms with E-state index in [4.69, 9.17) is 11.6 Å². The number of carbonyl (C=O) groups excluding carboxylic acids is 1. The zero-order chi connectivity index (χ0) is 12.1. The van der Waals surface area contributed by atoms with Crippen molar-refractivity contribution in [2.45, 2.75) is 6.92 Å². The average Bonchev–Trinajstić information content (AvgIpc) is 2.55. The average molecular weight is 244 g/mol. The topological polar surface area (TPSA) is 46.1 Å². The number of carbonyl (C=O) groups is 1. The van der Waals surface area contributed by atoms with Crippen LogP contribution in [-0.2, 0) is 7.05 Å². The van der Waals surface area contributed by atoms with Gasteiger partial charge in [0.05, 0.1) is 5.02 Å². The molecule has 90 valence electrons. The molecular weight excluding hydrogens is 226 g/mol. The predicted octanol–water partition coefficient (Wildman–Crippen LogP) is 1.26. The Bertz CT molecular complexity index is 362. The molecule has 1 heterocycles. The van der Waals surface area contributed by atoms with Crippen LogP contribution >= 0.6 is 11.6 Å². The van der Waals surface area contributed by atoms with Gasteiger partial charge in [-0.15, -0.1) is 0 Å². The Labute approximate surface area is 101 Å². The van der Waals surface area contributed by atoms with E-state index in [2.05, 4.69) is 17.6 Å². The lowest BCUT2D eigenvalue weighted by atomic mass is 10.2. The second kappa shape index (κ2) is 5.92. The number of amides is 1. The first-order valence-corrected chi connectivity index (χ1v) is 5.67. The van der Waals surface area contributed by atoms with E-state index >= 15 is 0 Å². The van der Waals surface area contributed by atoms with Crippen LogP contribution in [0.4, 0.5) is 0 Å². The van der Waals surface area contributed by atoms with Crippen molar-refractivity contribution in [2.75, 3.05) is 20.1 Å². The molecule has 5 heteroatoms. The van der Waals surface area contributed by atoms with E-state index in [1.54, 1.807) is 23.9 Å². The molecule has 0 aliphatic rings. The SMILES string of the molecule is CNCC(C)CNC(=O)c1cc(Cl)cn1C. The predicted molar refractivity (Wildman–Crippen MR) is 65.8 cm³/mol. The Balaban J connectivity index is 2.50. The van der Waals surface area contributed by atoms with Crippen LogP contribution in [0.15, 0.2) is 12.3 Å². The summed E-state index contributed by atoms with van der Waals surface area (Å²) in [6.07, 6.45) is 1.72. The first kappa shape index (κ1) is 13.1. The van der Waals surface area contributed by atoms with Gasteiger partial charge in [0.2, 0.25) is 0 Å². The van der Waals surface area contributed by atoms with Gasteiger partial charge in [-0.05, 0) is 25.6 Å². The van der Waals surface area contributed by atoms with Crippen LogP contribution in [-0.4, -0.2) is 30.6 Å². The molecular formula is C11H18ClN3O. The van der Waals surface area contributed by atoms with Crippen LogP contribution in [0.1, 0.15) is 17.4 Å². The molecule has 0 fully saturated rings. The van der Waals surface area contributed by atoms with Gasteiger partial charge in [0.15, 0.2) is 0 Å². The first-order chi connectivity index (χ1) is 7.54. The van der Waals surface area contributed by atoms with E-state index < -0.39 is 0 Å². The Morgan fingerprint density at radius 1 is 1.56 bits per heavy atom. The first-order valence-electron chi connectivity index (χ1n) is 5.29. The van der Waals surface area contributed by atoms with Gasteiger partial charge in [-0.3, -0.25) is 4.79 Å². The fourth-order valence-corrected chi connectivity index (χ4v) is 1.78. The van der Waals surface area contributed by atoms with E-state index in [9.17, 15) is 4.79 Å². The van der Waals surface area contributed by atoms with Crippen LogP contribution in [0.2, 0.25) is 5.02 Å². The second-order valence-electron chi connectivity index (χ2n) is 4.03. The summed E-state index contributed by atoms with van der Waals surface area (Å²) in [5.41, 5.74) is 0.585. The molecule has 1 rings (SSSR count). The molecule has 1 aromatic heterocycles. The molecule has 2 N–H and O–H groups in total. The fraction of sp³-hybridized carbons (Fsp3) is 0.545. The molecule has 1 unspecified atom stereocenters. The number of hydrogen-bond acceptors (Lipinski definition) is 2.